The summed E-state index contributed by atoms with van der Waals surface area (Å²) in [7, 11) is 2.89. The predicted molar refractivity (Wildman–Crippen MR) is 76.5 cm³/mol. The highest BCUT2D eigenvalue weighted by molar-refractivity contribution is 5.84. The lowest BCUT2D eigenvalue weighted by Crippen LogP contribution is -2.16. The molecule has 0 atom stereocenters. The van der Waals surface area contributed by atoms with Crippen LogP contribution in [0, 0.1) is 0 Å². The Kier molecular flexibility index (Phi) is 6.36. The van der Waals surface area contributed by atoms with Crippen molar-refractivity contribution >= 4 is 12.1 Å². The summed E-state index contributed by atoms with van der Waals surface area (Å²) >= 11 is 0. The van der Waals surface area contributed by atoms with E-state index in [0.717, 1.165) is 12.8 Å². The molecule has 0 aromatic heterocycles. The van der Waals surface area contributed by atoms with Crippen molar-refractivity contribution in [3.63, 3.8) is 0 Å². The van der Waals surface area contributed by atoms with Gasteiger partial charge in [0.25, 0.3) is 0 Å². The lowest BCUT2D eigenvalue weighted by atomic mass is 10.2. The highest BCUT2D eigenvalue weighted by Crippen LogP contribution is 2.36. The zero-order valence-electron chi connectivity index (χ0n) is 12.0. The van der Waals surface area contributed by atoms with E-state index in [4.69, 9.17) is 9.47 Å². The lowest BCUT2D eigenvalue weighted by Gasteiger charge is -2.09. The molecular weight excluding hydrogens is 260 g/mol. The van der Waals surface area contributed by atoms with Crippen LogP contribution in [0.3, 0.4) is 0 Å². The van der Waals surface area contributed by atoms with Crippen LogP contribution >= 0.6 is 0 Å². The molecule has 0 fully saturated rings. The maximum absolute atomic E-state index is 11.4. The smallest absolute Gasteiger partial charge is 0.240 e. The van der Waals surface area contributed by atoms with Crippen LogP contribution < -0.4 is 14.9 Å². The van der Waals surface area contributed by atoms with E-state index in [2.05, 4.69) is 10.5 Å². The fraction of sp³-hybridized carbons (Fsp3) is 0.429. The zero-order chi connectivity index (χ0) is 15.0. The monoisotopic (exact) mass is 280 g/mol. The van der Waals surface area contributed by atoms with Gasteiger partial charge in [-0.15, -0.1) is 0 Å². The van der Waals surface area contributed by atoms with E-state index in [9.17, 15) is 9.90 Å². The van der Waals surface area contributed by atoms with Crippen LogP contribution in [0.15, 0.2) is 17.2 Å². The number of phenols is 1. The third kappa shape index (κ3) is 4.46. The van der Waals surface area contributed by atoms with Crippen LogP contribution in [0.5, 0.6) is 17.2 Å². The molecule has 20 heavy (non-hydrogen) atoms. The number of unbranched alkanes of at least 4 members (excludes halogenated alkanes) is 1. The lowest BCUT2D eigenvalue weighted by molar-refractivity contribution is -0.121. The number of methoxy groups -OCH3 is 2. The van der Waals surface area contributed by atoms with E-state index < -0.39 is 0 Å². The van der Waals surface area contributed by atoms with Gasteiger partial charge in [-0.05, 0) is 18.6 Å². The Morgan fingerprint density at radius 3 is 2.45 bits per heavy atom. The summed E-state index contributed by atoms with van der Waals surface area (Å²) in [6.07, 6.45) is 3.72. The van der Waals surface area contributed by atoms with E-state index in [-0.39, 0.29) is 23.2 Å². The molecule has 0 heterocycles. The van der Waals surface area contributed by atoms with E-state index in [1.165, 1.54) is 20.4 Å². The van der Waals surface area contributed by atoms with Crippen LogP contribution in [-0.4, -0.2) is 31.4 Å². The van der Waals surface area contributed by atoms with Gasteiger partial charge < -0.3 is 14.6 Å². The Balaban J connectivity index is 2.74. The number of amides is 1. The summed E-state index contributed by atoms with van der Waals surface area (Å²) < 4.78 is 10.1. The van der Waals surface area contributed by atoms with Gasteiger partial charge in [0.2, 0.25) is 11.7 Å². The summed E-state index contributed by atoms with van der Waals surface area (Å²) in [4.78, 5) is 11.4. The molecule has 0 unspecified atom stereocenters. The van der Waals surface area contributed by atoms with Gasteiger partial charge in [-0.25, -0.2) is 5.43 Å². The molecule has 0 bridgehead atoms. The van der Waals surface area contributed by atoms with Crippen molar-refractivity contribution in [2.24, 2.45) is 5.10 Å². The largest absolute Gasteiger partial charge is 0.502 e. The Bertz CT molecular complexity index is 461. The Labute approximate surface area is 118 Å². The Morgan fingerprint density at radius 1 is 1.35 bits per heavy atom. The van der Waals surface area contributed by atoms with Crippen LogP contribution in [0.2, 0.25) is 0 Å². The van der Waals surface area contributed by atoms with Crippen molar-refractivity contribution < 1.29 is 19.4 Å². The topological polar surface area (TPSA) is 80.2 Å². The second-order valence-electron chi connectivity index (χ2n) is 4.17. The second-order valence-corrected chi connectivity index (χ2v) is 4.17. The highest BCUT2D eigenvalue weighted by Gasteiger charge is 2.10. The summed E-state index contributed by atoms with van der Waals surface area (Å²) in [6, 6.07) is 3.19. The first kappa shape index (κ1) is 15.8. The van der Waals surface area contributed by atoms with Crippen molar-refractivity contribution in [3.8, 4) is 17.2 Å². The molecule has 1 rings (SSSR count). The minimum absolute atomic E-state index is 0.0702. The van der Waals surface area contributed by atoms with E-state index in [1.807, 2.05) is 6.92 Å². The number of phenolic OH excluding ortho intramolecular Hbond substituents is 1. The van der Waals surface area contributed by atoms with Gasteiger partial charge in [0.05, 0.1) is 20.4 Å². The number of aromatic hydroxyl groups is 1. The van der Waals surface area contributed by atoms with E-state index in [0.29, 0.717) is 12.0 Å². The molecule has 0 spiro atoms. The number of nitrogens with one attached hydrogen (secondary N) is 1. The van der Waals surface area contributed by atoms with E-state index >= 15 is 0 Å². The molecule has 0 saturated carbocycles. The van der Waals surface area contributed by atoms with Crippen molar-refractivity contribution in [2.45, 2.75) is 26.2 Å². The summed E-state index contributed by atoms with van der Waals surface area (Å²) in [5.41, 5.74) is 3.09. The molecule has 6 heteroatoms. The van der Waals surface area contributed by atoms with Crippen molar-refractivity contribution in [3.05, 3.63) is 17.7 Å². The molecule has 0 radical (unpaired) electrons. The minimum atomic E-state index is -0.124. The molecule has 6 nitrogen and oxygen atoms in total. The van der Waals surface area contributed by atoms with Crippen LogP contribution in [0.25, 0.3) is 0 Å². The minimum Gasteiger partial charge on any atom is -0.502 e. The summed E-state index contributed by atoms with van der Waals surface area (Å²) in [5, 5.41) is 13.6. The van der Waals surface area contributed by atoms with Crippen molar-refractivity contribution in [1.29, 1.82) is 0 Å². The predicted octanol–water partition coefficient (Wildman–Crippen LogP) is 2.05. The average Bonchev–Trinajstić information content (AvgIpc) is 2.46. The zero-order valence-corrected chi connectivity index (χ0v) is 12.0. The second kappa shape index (κ2) is 8.04. The third-order valence-corrected chi connectivity index (χ3v) is 2.66. The number of benzene rings is 1. The number of ether oxygens (including phenoxy) is 2. The highest BCUT2D eigenvalue weighted by atomic mass is 16.5. The van der Waals surface area contributed by atoms with Crippen LogP contribution in [-0.2, 0) is 4.79 Å². The Morgan fingerprint density at radius 2 is 1.95 bits per heavy atom. The number of nitrogens with zero attached hydrogens (tertiary/aromatic N) is 1. The van der Waals surface area contributed by atoms with Crippen LogP contribution in [0.1, 0.15) is 31.7 Å². The molecule has 0 aliphatic heterocycles. The van der Waals surface area contributed by atoms with Gasteiger partial charge in [0.15, 0.2) is 11.5 Å². The maximum Gasteiger partial charge on any atom is 0.240 e. The maximum atomic E-state index is 11.4. The first-order valence-electron chi connectivity index (χ1n) is 6.39. The molecule has 1 amide bonds. The average molecular weight is 280 g/mol. The summed E-state index contributed by atoms with van der Waals surface area (Å²) in [5.74, 6) is 0.367. The van der Waals surface area contributed by atoms with Gasteiger partial charge in [-0.3, -0.25) is 4.79 Å². The molecule has 0 aliphatic rings. The molecule has 0 saturated heterocycles. The standard InChI is InChI=1S/C14H20N2O4/c1-4-5-6-13(17)16-15-9-10-7-11(19-2)14(18)12(8-10)20-3/h7-9,18H,4-6H2,1-3H3,(H,16,17)/b15-9+. The number of hydrogen-bond donors (Lipinski definition) is 2. The molecule has 1 aromatic carbocycles. The van der Waals surface area contributed by atoms with Gasteiger partial charge >= 0.3 is 0 Å². The number of hydrogen-bond acceptors (Lipinski definition) is 5. The van der Waals surface area contributed by atoms with Crippen LogP contribution in [0.4, 0.5) is 0 Å². The molecule has 0 aliphatic carbocycles. The fourth-order valence-corrected chi connectivity index (χ4v) is 1.56. The van der Waals surface area contributed by atoms with Gasteiger partial charge in [-0.1, -0.05) is 13.3 Å². The molecule has 110 valence electrons. The van der Waals surface area contributed by atoms with Gasteiger partial charge in [-0.2, -0.15) is 5.10 Å². The SMILES string of the molecule is CCCCC(=O)N/N=C/c1cc(OC)c(O)c(OC)c1. The normalized spacial score (nSPS) is 10.6. The number of rotatable bonds is 7. The summed E-state index contributed by atoms with van der Waals surface area (Å²) in [6.45, 7) is 2.02. The van der Waals surface area contributed by atoms with Gasteiger partial charge in [0.1, 0.15) is 0 Å². The molecule has 2 N–H and O–H groups in total. The number of carbonyl (C=O) groups excluding carboxylic acids is 1. The van der Waals surface area contributed by atoms with Crippen molar-refractivity contribution in [1.82, 2.24) is 5.43 Å². The quantitative estimate of drug-likeness (QED) is 0.591. The molecular formula is C14H20N2O4. The number of carbonyl (C=O) groups is 1. The first-order chi connectivity index (χ1) is 9.62. The first-order valence-corrected chi connectivity index (χ1v) is 6.39. The molecule has 1 aromatic rings. The van der Waals surface area contributed by atoms with E-state index in [1.54, 1.807) is 12.1 Å². The van der Waals surface area contributed by atoms with Crippen molar-refractivity contribution in [2.75, 3.05) is 14.2 Å². The third-order valence-electron chi connectivity index (χ3n) is 2.66. The Hall–Kier alpha value is -2.24. The fourth-order valence-electron chi connectivity index (χ4n) is 1.56. The number of hydrazone groups is 1. The van der Waals surface area contributed by atoms with Gasteiger partial charge in [0, 0.05) is 12.0 Å².